The van der Waals surface area contributed by atoms with E-state index in [4.69, 9.17) is 0 Å². The third kappa shape index (κ3) is 4.93. The fourth-order valence-electron chi connectivity index (χ4n) is 3.59. The first kappa shape index (κ1) is 17.7. The molecule has 0 aromatic heterocycles. The summed E-state index contributed by atoms with van der Waals surface area (Å²) in [7, 11) is 0. The lowest BCUT2D eigenvalue weighted by molar-refractivity contribution is 0.0910. The molecule has 1 amide bonds. The molecule has 3 nitrogen and oxygen atoms in total. The van der Waals surface area contributed by atoms with Crippen molar-refractivity contribution < 1.29 is 4.79 Å². The van der Waals surface area contributed by atoms with E-state index in [1.165, 1.54) is 18.5 Å². The number of hydrogen-bond acceptors (Lipinski definition) is 2. The van der Waals surface area contributed by atoms with Crippen LogP contribution in [0.15, 0.2) is 54.6 Å². The predicted octanol–water partition coefficient (Wildman–Crippen LogP) is 3.88. The molecule has 132 valence electrons. The number of carbonyl (C=O) groups is 1. The van der Waals surface area contributed by atoms with E-state index < -0.39 is 0 Å². The third-order valence-electron chi connectivity index (χ3n) is 4.96. The Bertz CT molecular complexity index is 675. The molecule has 1 N–H and O–H groups in total. The first-order valence-corrected chi connectivity index (χ1v) is 9.41. The maximum atomic E-state index is 12.8. The number of nitrogens with zero attached hydrogens (tertiary/aromatic N) is 1. The quantitative estimate of drug-likeness (QED) is 0.868. The van der Waals surface area contributed by atoms with Gasteiger partial charge in [-0.15, -0.1) is 0 Å². The lowest BCUT2D eigenvalue weighted by Gasteiger charge is -2.32. The molecule has 1 fully saturated rings. The molecule has 1 aliphatic heterocycles. The van der Waals surface area contributed by atoms with Gasteiger partial charge in [0.15, 0.2) is 0 Å². The predicted molar refractivity (Wildman–Crippen MR) is 103 cm³/mol. The third-order valence-corrected chi connectivity index (χ3v) is 4.96. The van der Waals surface area contributed by atoms with Crippen LogP contribution in [-0.4, -0.2) is 36.5 Å². The number of carbonyl (C=O) groups excluding carboxylic acids is 1. The van der Waals surface area contributed by atoms with Crippen LogP contribution in [0.4, 0.5) is 0 Å². The van der Waals surface area contributed by atoms with Gasteiger partial charge in [0.25, 0.3) is 5.91 Å². The van der Waals surface area contributed by atoms with Gasteiger partial charge in [0.05, 0.1) is 0 Å². The van der Waals surface area contributed by atoms with Crippen molar-refractivity contribution >= 4 is 5.91 Å². The highest BCUT2D eigenvalue weighted by Crippen LogP contribution is 2.16. The second kappa shape index (κ2) is 8.82. The first-order chi connectivity index (χ1) is 12.3. The number of benzene rings is 2. The lowest BCUT2D eigenvalue weighted by Crippen LogP contribution is -2.44. The van der Waals surface area contributed by atoms with Crippen molar-refractivity contribution in [2.24, 2.45) is 0 Å². The smallest absolute Gasteiger partial charge is 0.251 e. The van der Waals surface area contributed by atoms with E-state index in [-0.39, 0.29) is 5.91 Å². The van der Waals surface area contributed by atoms with E-state index in [0.717, 1.165) is 43.5 Å². The second-order valence-electron chi connectivity index (χ2n) is 6.91. The Morgan fingerprint density at radius 3 is 2.44 bits per heavy atom. The van der Waals surface area contributed by atoms with Crippen LogP contribution >= 0.6 is 0 Å². The Morgan fingerprint density at radius 2 is 1.72 bits per heavy atom. The Balaban J connectivity index is 1.63. The zero-order chi connectivity index (χ0) is 17.5. The second-order valence-corrected chi connectivity index (χ2v) is 6.91. The largest absolute Gasteiger partial charge is 0.349 e. The van der Waals surface area contributed by atoms with Crippen molar-refractivity contribution in [2.45, 2.75) is 38.6 Å². The van der Waals surface area contributed by atoms with Gasteiger partial charge in [-0.25, -0.2) is 0 Å². The summed E-state index contributed by atoms with van der Waals surface area (Å²) in [4.78, 5) is 15.3. The van der Waals surface area contributed by atoms with E-state index in [0.29, 0.717) is 6.04 Å². The molecule has 0 radical (unpaired) electrons. The average molecular weight is 336 g/mol. The van der Waals surface area contributed by atoms with E-state index >= 15 is 0 Å². The summed E-state index contributed by atoms with van der Waals surface area (Å²) in [5, 5.41) is 3.26. The minimum atomic E-state index is 0.0699. The Kier molecular flexibility index (Phi) is 6.24. The summed E-state index contributed by atoms with van der Waals surface area (Å²) in [6.07, 6.45) is 4.09. The number of nitrogens with one attached hydrogen (secondary N) is 1. The van der Waals surface area contributed by atoms with Gasteiger partial charge in [-0.3, -0.25) is 4.79 Å². The number of hydrogen-bond donors (Lipinski definition) is 1. The van der Waals surface area contributed by atoms with Crippen molar-refractivity contribution in [3.8, 4) is 0 Å². The van der Waals surface area contributed by atoms with E-state index in [2.05, 4.69) is 35.3 Å². The van der Waals surface area contributed by atoms with Crippen LogP contribution in [0.1, 0.15) is 47.7 Å². The molecule has 0 aliphatic carbocycles. The van der Waals surface area contributed by atoms with Crippen LogP contribution in [0.2, 0.25) is 0 Å². The molecule has 0 unspecified atom stereocenters. The van der Waals surface area contributed by atoms with Crippen LogP contribution in [-0.2, 0) is 6.42 Å². The van der Waals surface area contributed by atoms with Gasteiger partial charge >= 0.3 is 0 Å². The van der Waals surface area contributed by atoms with Crippen LogP contribution < -0.4 is 5.32 Å². The number of piperidine rings is 1. The highest BCUT2D eigenvalue weighted by Gasteiger charge is 2.21. The van der Waals surface area contributed by atoms with Gasteiger partial charge in [0.2, 0.25) is 0 Å². The molecule has 2 aromatic rings. The van der Waals surface area contributed by atoms with Crippen LogP contribution in [0.3, 0.4) is 0 Å². The van der Waals surface area contributed by atoms with E-state index in [9.17, 15) is 4.79 Å². The fraction of sp³-hybridized carbons (Fsp3) is 0.409. The maximum Gasteiger partial charge on any atom is 0.251 e. The minimum Gasteiger partial charge on any atom is -0.349 e. The number of amides is 1. The zero-order valence-corrected chi connectivity index (χ0v) is 15.1. The van der Waals surface area contributed by atoms with Crippen LogP contribution in [0.5, 0.6) is 0 Å². The maximum absolute atomic E-state index is 12.8. The summed E-state index contributed by atoms with van der Waals surface area (Å²) < 4.78 is 0. The molecule has 1 saturated heterocycles. The van der Waals surface area contributed by atoms with Crippen molar-refractivity contribution in [3.05, 3.63) is 71.3 Å². The lowest BCUT2D eigenvalue weighted by atomic mass is 9.98. The molecule has 25 heavy (non-hydrogen) atoms. The number of likely N-dealkylation sites (tertiary alicyclic amines) is 1. The summed E-state index contributed by atoms with van der Waals surface area (Å²) in [5.41, 5.74) is 3.13. The Morgan fingerprint density at radius 1 is 1.04 bits per heavy atom. The fourth-order valence-corrected chi connectivity index (χ4v) is 3.59. The van der Waals surface area contributed by atoms with Crippen molar-refractivity contribution in [1.82, 2.24) is 10.2 Å². The topological polar surface area (TPSA) is 32.3 Å². The standard InChI is InChI=1S/C22H28N2O/c1-2-14-24-15-12-20(13-16-24)23-22(25)21-11-7-6-10-19(21)17-18-8-4-3-5-9-18/h3-11,20H,2,12-17H2,1H3,(H,23,25). The normalized spacial score (nSPS) is 15.9. The molecule has 2 aromatic carbocycles. The molecule has 0 saturated carbocycles. The summed E-state index contributed by atoms with van der Waals surface area (Å²) in [6.45, 7) is 5.56. The first-order valence-electron chi connectivity index (χ1n) is 9.41. The summed E-state index contributed by atoms with van der Waals surface area (Å²) in [6, 6.07) is 18.6. The van der Waals surface area contributed by atoms with Gasteiger partial charge in [-0.2, -0.15) is 0 Å². The Hall–Kier alpha value is -2.13. The van der Waals surface area contributed by atoms with Gasteiger partial charge in [0, 0.05) is 24.7 Å². The minimum absolute atomic E-state index is 0.0699. The molecule has 0 spiro atoms. The SMILES string of the molecule is CCCN1CCC(NC(=O)c2ccccc2Cc2ccccc2)CC1. The molecular formula is C22H28N2O. The van der Waals surface area contributed by atoms with E-state index in [1.54, 1.807) is 0 Å². The highest BCUT2D eigenvalue weighted by atomic mass is 16.1. The van der Waals surface area contributed by atoms with Crippen molar-refractivity contribution in [1.29, 1.82) is 0 Å². The Labute approximate surface area is 151 Å². The highest BCUT2D eigenvalue weighted by molar-refractivity contribution is 5.96. The summed E-state index contributed by atoms with van der Waals surface area (Å²) in [5.74, 6) is 0.0699. The molecule has 3 heteroatoms. The summed E-state index contributed by atoms with van der Waals surface area (Å²) >= 11 is 0. The molecule has 1 heterocycles. The molecule has 0 atom stereocenters. The van der Waals surface area contributed by atoms with Crippen LogP contribution in [0, 0.1) is 0 Å². The number of rotatable bonds is 6. The van der Waals surface area contributed by atoms with Crippen molar-refractivity contribution in [3.63, 3.8) is 0 Å². The molecule has 3 rings (SSSR count). The van der Waals surface area contributed by atoms with Gasteiger partial charge in [-0.05, 0) is 49.4 Å². The molecule has 0 bridgehead atoms. The average Bonchev–Trinajstić information content (AvgIpc) is 2.65. The van der Waals surface area contributed by atoms with Gasteiger partial charge in [0.1, 0.15) is 0 Å². The van der Waals surface area contributed by atoms with Crippen molar-refractivity contribution in [2.75, 3.05) is 19.6 Å². The molecule has 1 aliphatic rings. The van der Waals surface area contributed by atoms with E-state index in [1.807, 2.05) is 36.4 Å². The zero-order valence-electron chi connectivity index (χ0n) is 15.1. The molecular weight excluding hydrogens is 308 g/mol. The van der Waals surface area contributed by atoms with Gasteiger partial charge < -0.3 is 10.2 Å². The van der Waals surface area contributed by atoms with Gasteiger partial charge in [-0.1, -0.05) is 55.5 Å². The monoisotopic (exact) mass is 336 g/mol. The van der Waals surface area contributed by atoms with Crippen LogP contribution in [0.25, 0.3) is 0 Å².